The van der Waals surface area contributed by atoms with E-state index in [9.17, 15) is 4.79 Å². The fraction of sp³-hybridized carbons (Fsp3) is 0.857. The molecule has 4 heteroatoms. The Morgan fingerprint density at radius 2 is 2.18 bits per heavy atom. The van der Waals surface area contributed by atoms with Crippen molar-refractivity contribution in [3.8, 4) is 0 Å². The first-order valence-electron chi connectivity index (χ1n) is 3.67. The van der Waals surface area contributed by atoms with Crippen molar-refractivity contribution in [2.75, 3.05) is 0 Å². The van der Waals surface area contributed by atoms with Crippen molar-refractivity contribution < 1.29 is 9.90 Å². The molecule has 0 saturated heterocycles. The first-order valence-corrected chi connectivity index (χ1v) is 3.67. The first-order chi connectivity index (χ1) is 4.70. The molecule has 0 bridgehead atoms. The number of carboxylic acids is 1. The Morgan fingerprint density at radius 3 is 2.55 bits per heavy atom. The van der Waals surface area contributed by atoms with Crippen LogP contribution in [-0.2, 0) is 4.79 Å². The van der Waals surface area contributed by atoms with Gasteiger partial charge in [-0.05, 0) is 18.8 Å². The lowest BCUT2D eigenvalue weighted by Gasteiger charge is -2.11. The van der Waals surface area contributed by atoms with Gasteiger partial charge in [0, 0.05) is 12.5 Å². The second-order valence-electron chi connectivity index (χ2n) is 2.95. The van der Waals surface area contributed by atoms with Crippen molar-refractivity contribution in [3.63, 3.8) is 0 Å². The lowest BCUT2D eigenvalue weighted by Crippen LogP contribution is -2.26. The van der Waals surface area contributed by atoms with Gasteiger partial charge in [0.2, 0.25) is 0 Å². The second kappa shape index (κ2) is 4.57. The van der Waals surface area contributed by atoms with Crippen LogP contribution in [0, 0.1) is 5.92 Å². The summed E-state index contributed by atoms with van der Waals surface area (Å²) < 4.78 is 0. The van der Waals surface area contributed by atoms with Crippen molar-refractivity contribution in [2.24, 2.45) is 11.7 Å². The maximum Gasteiger partial charge on any atom is 0.303 e. The molecule has 2 atom stereocenters. The normalized spacial score (nSPS) is 29.5. The first kappa shape index (κ1) is 10.7. The van der Waals surface area contributed by atoms with E-state index in [-0.39, 0.29) is 30.8 Å². The second-order valence-corrected chi connectivity index (χ2v) is 2.95. The Labute approximate surface area is 72.4 Å². The van der Waals surface area contributed by atoms with Crippen LogP contribution >= 0.6 is 12.4 Å². The van der Waals surface area contributed by atoms with Crippen molar-refractivity contribution in [3.05, 3.63) is 0 Å². The number of carbonyl (C=O) groups is 1. The van der Waals surface area contributed by atoms with E-state index in [0.717, 1.165) is 19.3 Å². The SMILES string of the molecule is Cl.N[C@H]1CCC[C@H]1CC(=O)O. The number of carboxylic acid groups (broad SMARTS) is 1. The van der Waals surface area contributed by atoms with Gasteiger partial charge in [-0.1, -0.05) is 6.42 Å². The molecule has 0 amide bonds. The standard InChI is InChI=1S/C7H13NO2.ClH/c8-6-3-1-2-5(6)4-7(9)10;/h5-6H,1-4,8H2,(H,9,10);1H/t5-,6-;/m0./s1. The minimum absolute atomic E-state index is 0. The zero-order valence-electron chi connectivity index (χ0n) is 6.32. The van der Waals surface area contributed by atoms with Gasteiger partial charge in [-0.25, -0.2) is 0 Å². The predicted octanol–water partition coefficient (Wildman–Crippen LogP) is 1.01. The van der Waals surface area contributed by atoms with Crippen molar-refractivity contribution in [2.45, 2.75) is 31.7 Å². The van der Waals surface area contributed by atoms with Gasteiger partial charge in [0.15, 0.2) is 0 Å². The molecule has 0 unspecified atom stereocenters. The molecule has 0 aromatic heterocycles. The van der Waals surface area contributed by atoms with Crippen LogP contribution in [0.25, 0.3) is 0 Å². The summed E-state index contributed by atoms with van der Waals surface area (Å²) in [7, 11) is 0. The smallest absolute Gasteiger partial charge is 0.303 e. The molecule has 3 N–H and O–H groups in total. The van der Waals surface area contributed by atoms with E-state index < -0.39 is 5.97 Å². The molecule has 1 aliphatic rings. The molecule has 1 saturated carbocycles. The molecule has 1 fully saturated rings. The lowest BCUT2D eigenvalue weighted by atomic mass is 10.0. The minimum atomic E-state index is -0.720. The number of hydrogen-bond acceptors (Lipinski definition) is 2. The summed E-state index contributed by atoms with van der Waals surface area (Å²) in [5.41, 5.74) is 5.66. The molecule has 0 aromatic rings. The van der Waals surface area contributed by atoms with Crippen molar-refractivity contribution in [1.29, 1.82) is 0 Å². The number of halogens is 1. The fourth-order valence-electron chi connectivity index (χ4n) is 1.54. The van der Waals surface area contributed by atoms with Gasteiger partial charge < -0.3 is 10.8 Å². The summed E-state index contributed by atoms with van der Waals surface area (Å²) in [6.45, 7) is 0. The monoisotopic (exact) mass is 179 g/mol. The van der Waals surface area contributed by atoms with Crippen LogP contribution < -0.4 is 5.73 Å². The van der Waals surface area contributed by atoms with Gasteiger partial charge in [0.25, 0.3) is 0 Å². The number of hydrogen-bond donors (Lipinski definition) is 2. The average molecular weight is 180 g/mol. The Kier molecular flexibility index (Phi) is 4.45. The minimum Gasteiger partial charge on any atom is -0.481 e. The van der Waals surface area contributed by atoms with Crippen LogP contribution in [0.15, 0.2) is 0 Å². The highest BCUT2D eigenvalue weighted by molar-refractivity contribution is 5.85. The third-order valence-electron chi connectivity index (χ3n) is 2.15. The highest BCUT2D eigenvalue weighted by Crippen LogP contribution is 2.26. The number of rotatable bonds is 2. The van der Waals surface area contributed by atoms with E-state index in [4.69, 9.17) is 10.8 Å². The lowest BCUT2D eigenvalue weighted by molar-refractivity contribution is -0.138. The maximum absolute atomic E-state index is 10.2. The summed E-state index contributed by atoms with van der Waals surface area (Å²) >= 11 is 0. The van der Waals surface area contributed by atoms with Crippen molar-refractivity contribution in [1.82, 2.24) is 0 Å². The quantitative estimate of drug-likeness (QED) is 0.665. The van der Waals surface area contributed by atoms with Crippen LogP contribution in [0.2, 0.25) is 0 Å². The molecule has 0 spiro atoms. The van der Waals surface area contributed by atoms with Crippen LogP contribution in [0.5, 0.6) is 0 Å². The molecule has 1 rings (SSSR count). The zero-order chi connectivity index (χ0) is 7.56. The summed E-state index contributed by atoms with van der Waals surface area (Å²) in [5.74, 6) is -0.486. The summed E-state index contributed by atoms with van der Waals surface area (Å²) in [6, 6.07) is 0.135. The van der Waals surface area contributed by atoms with Crippen LogP contribution in [0.1, 0.15) is 25.7 Å². The van der Waals surface area contributed by atoms with E-state index in [0.29, 0.717) is 0 Å². The van der Waals surface area contributed by atoms with Gasteiger partial charge in [-0.2, -0.15) is 0 Å². The highest BCUT2D eigenvalue weighted by atomic mass is 35.5. The van der Waals surface area contributed by atoms with Gasteiger partial charge >= 0.3 is 5.97 Å². The van der Waals surface area contributed by atoms with Gasteiger partial charge in [0.1, 0.15) is 0 Å². The molecular weight excluding hydrogens is 166 g/mol. The summed E-state index contributed by atoms with van der Waals surface area (Å²) in [4.78, 5) is 10.2. The maximum atomic E-state index is 10.2. The third-order valence-corrected chi connectivity index (χ3v) is 2.15. The van der Waals surface area contributed by atoms with Crippen LogP contribution in [0.4, 0.5) is 0 Å². The molecule has 66 valence electrons. The topological polar surface area (TPSA) is 63.3 Å². The fourth-order valence-corrected chi connectivity index (χ4v) is 1.54. The number of nitrogens with two attached hydrogens (primary N) is 1. The zero-order valence-corrected chi connectivity index (χ0v) is 7.14. The van der Waals surface area contributed by atoms with Crippen molar-refractivity contribution >= 4 is 18.4 Å². The number of aliphatic carboxylic acids is 1. The van der Waals surface area contributed by atoms with Gasteiger partial charge in [-0.15, -0.1) is 12.4 Å². The molecule has 0 radical (unpaired) electrons. The van der Waals surface area contributed by atoms with Gasteiger partial charge in [-0.3, -0.25) is 4.79 Å². The highest BCUT2D eigenvalue weighted by Gasteiger charge is 2.25. The Hall–Kier alpha value is -0.280. The van der Waals surface area contributed by atoms with Gasteiger partial charge in [0.05, 0.1) is 0 Å². The molecule has 3 nitrogen and oxygen atoms in total. The van der Waals surface area contributed by atoms with E-state index in [1.165, 1.54) is 0 Å². The summed E-state index contributed by atoms with van der Waals surface area (Å²) in [5, 5.41) is 8.44. The Bertz CT molecular complexity index is 140. The van der Waals surface area contributed by atoms with E-state index >= 15 is 0 Å². The third kappa shape index (κ3) is 3.08. The van der Waals surface area contributed by atoms with Crippen LogP contribution in [0.3, 0.4) is 0 Å². The van der Waals surface area contributed by atoms with E-state index in [1.807, 2.05) is 0 Å². The molecular formula is C7H14ClNO2. The Balaban J connectivity index is 0.000001000. The van der Waals surface area contributed by atoms with E-state index in [2.05, 4.69) is 0 Å². The van der Waals surface area contributed by atoms with Crippen LogP contribution in [-0.4, -0.2) is 17.1 Å². The predicted molar refractivity (Wildman–Crippen MR) is 44.8 cm³/mol. The largest absolute Gasteiger partial charge is 0.481 e. The molecule has 0 heterocycles. The average Bonchev–Trinajstić information content (AvgIpc) is 2.15. The van der Waals surface area contributed by atoms with E-state index in [1.54, 1.807) is 0 Å². The molecule has 1 aliphatic carbocycles. The molecule has 0 aromatic carbocycles. The molecule has 0 aliphatic heterocycles. The summed E-state index contributed by atoms with van der Waals surface area (Å²) in [6.07, 6.45) is 3.34. The molecule has 11 heavy (non-hydrogen) atoms. The Morgan fingerprint density at radius 1 is 1.55 bits per heavy atom.